The summed E-state index contributed by atoms with van der Waals surface area (Å²) < 4.78 is 0. The molecule has 3 aliphatic carbocycles. The highest BCUT2D eigenvalue weighted by Crippen LogP contribution is 2.49. The van der Waals surface area contributed by atoms with Crippen LogP contribution in [0.2, 0.25) is 0 Å². The van der Waals surface area contributed by atoms with E-state index < -0.39 is 0 Å². The molecule has 1 amide bonds. The smallest absolute Gasteiger partial charge is 0.220 e. The topological polar surface area (TPSA) is 55.1 Å². The molecule has 4 atom stereocenters. The number of fused-ring (bicyclic) bond motifs is 2. The summed E-state index contributed by atoms with van der Waals surface area (Å²) in [5, 5.41) is 3.23. The number of rotatable bonds is 5. The van der Waals surface area contributed by atoms with Crippen molar-refractivity contribution in [2.75, 3.05) is 6.54 Å². The molecule has 3 heteroatoms. The zero-order valence-corrected chi connectivity index (χ0v) is 11.9. The van der Waals surface area contributed by atoms with E-state index in [0.717, 1.165) is 18.3 Å². The van der Waals surface area contributed by atoms with E-state index >= 15 is 0 Å². The van der Waals surface area contributed by atoms with Crippen molar-refractivity contribution < 1.29 is 4.79 Å². The van der Waals surface area contributed by atoms with Crippen molar-refractivity contribution in [2.24, 2.45) is 29.4 Å². The second-order valence-electron chi connectivity index (χ2n) is 7.09. The second-order valence-corrected chi connectivity index (χ2v) is 7.09. The van der Waals surface area contributed by atoms with Crippen molar-refractivity contribution in [3.8, 4) is 0 Å². The average Bonchev–Trinajstić information content (AvgIpc) is 3.12. The van der Waals surface area contributed by atoms with Gasteiger partial charge < -0.3 is 11.1 Å². The van der Waals surface area contributed by atoms with Gasteiger partial charge in [0.25, 0.3) is 0 Å². The van der Waals surface area contributed by atoms with Gasteiger partial charge in [-0.25, -0.2) is 0 Å². The van der Waals surface area contributed by atoms with Crippen LogP contribution in [0.4, 0.5) is 0 Å². The fourth-order valence-electron chi connectivity index (χ4n) is 4.86. The number of amides is 1. The summed E-state index contributed by atoms with van der Waals surface area (Å²) in [7, 11) is 0. The average molecular weight is 264 g/mol. The Labute approximate surface area is 116 Å². The minimum Gasteiger partial charge on any atom is -0.352 e. The third kappa shape index (κ3) is 2.96. The maximum absolute atomic E-state index is 12.2. The monoisotopic (exact) mass is 264 g/mol. The number of carbonyl (C=O) groups is 1. The third-order valence-electron chi connectivity index (χ3n) is 5.90. The van der Waals surface area contributed by atoms with E-state index in [1.54, 1.807) is 0 Å². The van der Waals surface area contributed by atoms with Gasteiger partial charge in [-0.15, -0.1) is 0 Å². The summed E-state index contributed by atoms with van der Waals surface area (Å²) in [5.74, 6) is 3.34. The van der Waals surface area contributed by atoms with Crippen molar-refractivity contribution in [1.82, 2.24) is 5.32 Å². The molecule has 0 saturated heterocycles. The Bertz CT molecular complexity index is 325. The fourth-order valence-corrected chi connectivity index (χ4v) is 4.86. The molecule has 0 aromatic carbocycles. The maximum Gasteiger partial charge on any atom is 0.220 e. The molecule has 108 valence electrons. The molecular weight excluding hydrogens is 236 g/mol. The zero-order chi connectivity index (χ0) is 13.2. The van der Waals surface area contributed by atoms with E-state index in [1.165, 1.54) is 51.4 Å². The molecule has 4 unspecified atom stereocenters. The molecule has 2 bridgehead atoms. The van der Waals surface area contributed by atoms with Crippen LogP contribution in [0.3, 0.4) is 0 Å². The van der Waals surface area contributed by atoms with E-state index in [-0.39, 0.29) is 11.9 Å². The molecule has 3 fully saturated rings. The molecule has 3 N–H and O–H groups in total. The molecular formula is C16H28N2O. The molecule has 3 nitrogen and oxygen atoms in total. The zero-order valence-electron chi connectivity index (χ0n) is 11.9. The molecule has 19 heavy (non-hydrogen) atoms. The van der Waals surface area contributed by atoms with E-state index in [9.17, 15) is 4.79 Å². The Morgan fingerprint density at radius 1 is 1.16 bits per heavy atom. The lowest BCUT2D eigenvalue weighted by Crippen LogP contribution is -2.45. The standard InChI is InChI=1S/C16H28N2O/c17-10-15(12-3-1-2-4-12)18-16(19)9-14-8-11-5-6-13(14)7-11/h11-15H,1-10,17H2,(H,18,19). The van der Waals surface area contributed by atoms with Crippen molar-refractivity contribution in [3.63, 3.8) is 0 Å². The van der Waals surface area contributed by atoms with Crippen molar-refractivity contribution in [2.45, 2.75) is 63.8 Å². The Hall–Kier alpha value is -0.570. The highest BCUT2D eigenvalue weighted by molar-refractivity contribution is 5.76. The van der Waals surface area contributed by atoms with Gasteiger partial charge in [0.1, 0.15) is 0 Å². The van der Waals surface area contributed by atoms with Crippen LogP contribution < -0.4 is 11.1 Å². The molecule has 3 saturated carbocycles. The molecule has 0 aromatic rings. The first kappa shape index (κ1) is 13.4. The van der Waals surface area contributed by atoms with Gasteiger partial charge in [-0.3, -0.25) is 4.79 Å². The van der Waals surface area contributed by atoms with Crippen LogP contribution in [0.15, 0.2) is 0 Å². The number of hydrogen-bond acceptors (Lipinski definition) is 2. The summed E-state index contributed by atoms with van der Waals surface area (Å²) in [4.78, 5) is 12.2. The minimum absolute atomic E-state index is 0.230. The SMILES string of the molecule is NCC(NC(=O)CC1CC2CCC1C2)C1CCCC1. The van der Waals surface area contributed by atoms with Crippen LogP contribution >= 0.6 is 0 Å². The van der Waals surface area contributed by atoms with Gasteiger partial charge in [0.05, 0.1) is 0 Å². The number of nitrogens with two attached hydrogens (primary N) is 1. The lowest BCUT2D eigenvalue weighted by Gasteiger charge is -2.26. The van der Waals surface area contributed by atoms with Crippen molar-refractivity contribution in [3.05, 3.63) is 0 Å². The van der Waals surface area contributed by atoms with Gasteiger partial charge in [0, 0.05) is 19.0 Å². The first-order chi connectivity index (χ1) is 9.26. The first-order valence-electron chi connectivity index (χ1n) is 8.25. The van der Waals surface area contributed by atoms with Crippen molar-refractivity contribution >= 4 is 5.91 Å². The van der Waals surface area contributed by atoms with E-state index in [2.05, 4.69) is 5.32 Å². The van der Waals surface area contributed by atoms with Crippen molar-refractivity contribution in [1.29, 1.82) is 0 Å². The first-order valence-corrected chi connectivity index (χ1v) is 8.25. The summed E-state index contributed by atoms with van der Waals surface area (Å²) in [6.45, 7) is 0.604. The summed E-state index contributed by atoms with van der Waals surface area (Å²) in [6.07, 6.45) is 11.3. The van der Waals surface area contributed by atoms with Gasteiger partial charge in [-0.05, 0) is 55.8 Å². The minimum atomic E-state index is 0.230. The van der Waals surface area contributed by atoms with Crippen LogP contribution in [-0.2, 0) is 4.79 Å². The predicted octanol–water partition coefficient (Wildman–Crippen LogP) is 2.45. The number of hydrogen-bond donors (Lipinski definition) is 2. The molecule has 0 aliphatic heterocycles. The largest absolute Gasteiger partial charge is 0.352 e. The van der Waals surface area contributed by atoms with E-state index in [0.29, 0.717) is 18.4 Å². The van der Waals surface area contributed by atoms with Gasteiger partial charge in [-0.1, -0.05) is 19.3 Å². The van der Waals surface area contributed by atoms with Gasteiger partial charge >= 0.3 is 0 Å². The summed E-state index contributed by atoms with van der Waals surface area (Å²) >= 11 is 0. The molecule has 0 heterocycles. The van der Waals surface area contributed by atoms with Gasteiger partial charge in [0.2, 0.25) is 5.91 Å². The van der Waals surface area contributed by atoms with E-state index in [1.807, 2.05) is 0 Å². The van der Waals surface area contributed by atoms with Crippen LogP contribution in [0.5, 0.6) is 0 Å². The summed E-state index contributed by atoms with van der Waals surface area (Å²) in [5.41, 5.74) is 5.85. The number of carbonyl (C=O) groups excluding carboxylic acids is 1. The Kier molecular flexibility index (Phi) is 4.11. The fraction of sp³-hybridized carbons (Fsp3) is 0.938. The highest BCUT2D eigenvalue weighted by atomic mass is 16.1. The van der Waals surface area contributed by atoms with Crippen LogP contribution in [0.25, 0.3) is 0 Å². The van der Waals surface area contributed by atoms with Gasteiger partial charge in [-0.2, -0.15) is 0 Å². The Balaban J connectivity index is 1.47. The van der Waals surface area contributed by atoms with Crippen LogP contribution in [0, 0.1) is 23.7 Å². The molecule has 0 aromatic heterocycles. The Morgan fingerprint density at radius 2 is 1.95 bits per heavy atom. The molecule has 3 aliphatic rings. The number of nitrogens with one attached hydrogen (secondary N) is 1. The summed E-state index contributed by atoms with van der Waals surface area (Å²) in [6, 6.07) is 0.230. The van der Waals surface area contributed by atoms with Crippen LogP contribution in [-0.4, -0.2) is 18.5 Å². The quantitative estimate of drug-likeness (QED) is 0.801. The Morgan fingerprint density at radius 3 is 2.53 bits per heavy atom. The molecule has 3 rings (SSSR count). The predicted molar refractivity (Wildman–Crippen MR) is 76.5 cm³/mol. The normalized spacial score (nSPS) is 35.7. The molecule has 0 radical (unpaired) electrons. The lowest BCUT2D eigenvalue weighted by molar-refractivity contribution is -0.123. The van der Waals surface area contributed by atoms with E-state index in [4.69, 9.17) is 5.73 Å². The maximum atomic E-state index is 12.2. The second kappa shape index (κ2) is 5.82. The molecule has 0 spiro atoms. The highest BCUT2D eigenvalue weighted by Gasteiger charge is 2.40. The third-order valence-corrected chi connectivity index (χ3v) is 5.90. The van der Waals surface area contributed by atoms with Gasteiger partial charge in [0.15, 0.2) is 0 Å². The van der Waals surface area contributed by atoms with Crippen LogP contribution in [0.1, 0.15) is 57.8 Å². The lowest BCUT2D eigenvalue weighted by atomic mass is 9.86.